The van der Waals surface area contributed by atoms with E-state index in [4.69, 9.17) is 37.0 Å². The second-order valence-corrected chi connectivity index (χ2v) is 27.2. The van der Waals surface area contributed by atoms with Crippen LogP contribution < -0.4 is 0 Å². The highest BCUT2D eigenvalue weighted by atomic mass is 31.2. The molecular weight excluding hydrogens is 1130 g/mol. The minimum Gasteiger partial charge on any atom is -0.462 e. The zero-order valence-corrected chi connectivity index (χ0v) is 56.5. The van der Waals surface area contributed by atoms with Crippen molar-refractivity contribution in [1.82, 2.24) is 0 Å². The molecule has 85 heavy (non-hydrogen) atoms. The Bertz CT molecular complexity index is 1650. The first kappa shape index (κ1) is 83.1. The fraction of sp³-hybridized carbons (Fsp3) is 0.939. The van der Waals surface area contributed by atoms with E-state index in [1.54, 1.807) is 0 Å². The van der Waals surface area contributed by atoms with E-state index in [0.29, 0.717) is 25.7 Å². The molecule has 0 aliphatic carbocycles. The lowest BCUT2D eigenvalue weighted by atomic mass is 10.0. The van der Waals surface area contributed by atoms with Gasteiger partial charge < -0.3 is 33.8 Å². The van der Waals surface area contributed by atoms with Crippen molar-refractivity contribution in [3.8, 4) is 0 Å². The summed E-state index contributed by atoms with van der Waals surface area (Å²) >= 11 is 0. The van der Waals surface area contributed by atoms with Crippen molar-refractivity contribution >= 4 is 39.5 Å². The molecule has 3 N–H and O–H groups in total. The molecule has 0 fully saturated rings. The maximum atomic E-state index is 13.0. The van der Waals surface area contributed by atoms with Crippen molar-refractivity contribution in [2.24, 2.45) is 5.92 Å². The van der Waals surface area contributed by atoms with E-state index in [-0.39, 0.29) is 25.7 Å². The number of hydrogen-bond acceptors (Lipinski definition) is 15. The molecule has 0 heterocycles. The van der Waals surface area contributed by atoms with Crippen LogP contribution in [0.2, 0.25) is 0 Å². The molecule has 0 radical (unpaired) electrons. The fourth-order valence-corrected chi connectivity index (χ4v) is 11.5. The van der Waals surface area contributed by atoms with Crippen molar-refractivity contribution in [2.75, 3.05) is 39.6 Å². The number of carbonyl (C=O) groups is 4. The lowest BCUT2D eigenvalue weighted by molar-refractivity contribution is -0.161. The van der Waals surface area contributed by atoms with Crippen molar-refractivity contribution < 1.29 is 80.2 Å². The van der Waals surface area contributed by atoms with E-state index >= 15 is 0 Å². The third-order valence-corrected chi connectivity index (χ3v) is 17.2. The second kappa shape index (κ2) is 59.7. The molecule has 5 atom stereocenters. The van der Waals surface area contributed by atoms with Gasteiger partial charge in [-0.1, -0.05) is 285 Å². The smallest absolute Gasteiger partial charge is 0.462 e. The molecule has 0 spiro atoms. The van der Waals surface area contributed by atoms with Crippen LogP contribution in [0.3, 0.4) is 0 Å². The van der Waals surface area contributed by atoms with Crippen LogP contribution in [-0.4, -0.2) is 96.7 Å². The summed E-state index contributed by atoms with van der Waals surface area (Å²) in [4.78, 5) is 72.3. The molecule has 0 saturated carbocycles. The summed E-state index contributed by atoms with van der Waals surface area (Å²) in [6, 6.07) is 0. The Hall–Kier alpha value is -1.94. The van der Waals surface area contributed by atoms with Crippen LogP contribution in [0, 0.1) is 5.92 Å². The van der Waals surface area contributed by atoms with Gasteiger partial charge in [0.05, 0.1) is 26.4 Å². The molecule has 19 heteroatoms. The molecule has 0 aromatic carbocycles. The largest absolute Gasteiger partial charge is 0.472 e. The van der Waals surface area contributed by atoms with Crippen molar-refractivity contribution in [2.45, 2.75) is 355 Å². The van der Waals surface area contributed by atoms with Crippen molar-refractivity contribution in [3.05, 3.63) is 0 Å². The van der Waals surface area contributed by atoms with E-state index in [0.717, 1.165) is 95.8 Å². The van der Waals surface area contributed by atoms with Gasteiger partial charge in [0.15, 0.2) is 12.2 Å². The number of hydrogen-bond donors (Lipinski definition) is 3. The monoisotopic (exact) mass is 1250 g/mol. The summed E-state index contributed by atoms with van der Waals surface area (Å²) in [6.07, 6.45) is 44.3. The van der Waals surface area contributed by atoms with Gasteiger partial charge in [0, 0.05) is 25.7 Å². The van der Waals surface area contributed by atoms with Crippen LogP contribution in [0.4, 0.5) is 0 Å². The average Bonchev–Trinajstić information content (AvgIpc) is 3.50. The third-order valence-electron chi connectivity index (χ3n) is 15.3. The zero-order chi connectivity index (χ0) is 62.8. The lowest BCUT2D eigenvalue weighted by Crippen LogP contribution is -2.30. The minimum absolute atomic E-state index is 0.107. The summed E-state index contributed by atoms with van der Waals surface area (Å²) in [5.74, 6) is -1.35. The van der Waals surface area contributed by atoms with Gasteiger partial charge in [-0.05, 0) is 31.6 Å². The van der Waals surface area contributed by atoms with E-state index in [1.165, 1.54) is 161 Å². The fourth-order valence-electron chi connectivity index (χ4n) is 9.94. The topological polar surface area (TPSA) is 237 Å². The number of phosphoric ester groups is 2. The summed E-state index contributed by atoms with van der Waals surface area (Å²) in [5.41, 5.74) is 0. The molecule has 17 nitrogen and oxygen atoms in total. The highest BCUT2D eigenvalue weighted by Gasteiger charge is 2.30. The van der Waals surface area contributed by atoms with E-state index < -0.39 is 97.5 Å². The number of ether oxygens (including phenoxy) is 4. The summed E-state index contributed by atoms with van der Waals surface area (Å²) in [7, 11) is -9.89. The number of aliphatic hydroxyl groups is 1. The molecule has 0 aliphatic heterocycles. The van der Waals surface area contributed by atoms with Gasteiger partial charge >= 0.3 is 39.5 Å². The van der Waals surface area contributed by atoms with Crippen LogP contribution in [0.5, 0.6) is 0 Å². The van der Waals surface area contributed by atoms with Gasteiger partial charge in [-0.3, -0.25) is 37.3 Å². The quantitative estimate of drug-likeness (QED) is 0.0222. The minimum atomic E-state index is -4.94. The molecular formula is C66H128O17P2. The Labute approximate surface area is 517 Å². The van der Waals surface area contributed by atoms with Gasteiger partial charge in [-0.25, -0.2) is 9.13 Å². The van der Waals surface area contributed by atoms with Gasteiger partial charge in [0.25, 0.3) is 0 Å². The van der Waals surface area contributed by atoms with Gasteiger partial charge in [0.2, 0.25) is 0 Å². The Balaban J connectivity index is 5.22. The Morgan fingerprint density at radius 2 is 0.541 bits per heavy atom. The molecule has 0 saturated heterocycles. The molecule has 0 aromatic heterocycles. The molecule has 0 aromatic rings. The maximum absolute atomic E-state index is 13.0. The summed E-state index contributed by atoms with van der Waals surface area (Å²) < 4.78 is 68.1. The number of unbranched alkanes of at least 4 members (excludes halogenated alkanes) is 38. The van der Waals surface area contributed by atoms with Gasteiger partial charge in [0.1, 0.15) is 19.3 Å². The number of carbonyl (C=O) groups excluding carboxylic acids is 4. The lowest BCUT2D eigenvalue weighted by Gasteiger charge is -2.21. The first-order chi connectivity index (χ1) is 41.0. The third kappa shape index (κ3) is 60.7. The van der Waals surface area contributed by atoms with Crippen LogP contribution >= 0.6 is 15.6 Å². The molecule has 0 rings (SSSR count). The predicted molar refractivity (Wildman–Crippen MR) is 340 cm³/mol. The Morgan fingerprint density at radius 1 is 0.318 bits per heavy atom. The van der Waals surface area contributed by atoms with Crippen LogP contribution in [0.15, 0.2) is 0 Å². The summed E-state index contributed by atoms with van der Waals surface area (Å²) in [5, 5.41) is 10.5. The van der Waals surface area contributed by atoms with Crippen molar-refractivity contribution in [1.29, 1.82) is 0 Å². The first-order valence-corrected chi connectivity index (χ1v) is 37.6. The molecule has 2 unspecified atom stereocenters. The number of esters is 4. The molecule has 0 amide bonds. The standard InChI is InChI=1S/C66H128O17P2/c1-6-9-12-15-18-21-29-34-39-44-49-63(68)76-55-61(82-65(70)51-46-41-36-31-23-20-17-14-11-8-3)57-80-84(72,73)78-53-60(67)54-79-85(74,75)81-58-62(56-77-64(69)50-45-40-35-30-22-19-16-13-10-7-2)83-66(71)52-47-42-37-32-27-25-24-26-28-33-38-43-48-59(4)5/h59-62,67H,6-58H2,1-5H3,(H,72,73)(H,74,75)/t60-,61+,62+/m0/s1. The van der Waals surface area contributed by atoms with E-state index in [1.807, 2.05) is 0 Å². The maximum Gasteiger partial charge on any atom is 0.472 e. The van der Waals surface area contributed by atoms with Gasteiger partial charge in [-0.15, -0.1) is 0 Å². The number of aliphatic hydroxyl groups excluding tert-OH is 1. The first-order valence-electron chi connectivity index (χ1n) is 34.6. The van der Waals surface area contributed by atoms with Crippen molar-refractivity contribution in [3.63, 3.8) is 0 Å². The SMILES string of the molecule is CCCCCCCCCCCCC(=O)OC[C@H](COP(=O)(O)OC[C@H](O)COP(=O)(O)OC[C@@H](COC(=O)CCCCCCCCCCCC)OC(=O)CCCCCCCCCCCCCCC(C)C)OC(=O)CCCCCCCCCCCC. The zero-order valence-electron chi connectivity index (χ0n) is 54.7. The highest BCUT2D eigenvalue weighted by Crippen LogP contribution is 2.45. The second-order valence-electron chi connectivity index (χ2n) is 24.3. The Kier molecular flexibility index (Phi) is 58.3. The summed E-state index contributed by atoms with van der Waals surface area (Å²) in [6.45, 7) is 7.20. The Morgan fingerprint density at radius 3 is 0.800 bits per heavy atom. The highest BCUT2D eigenvalue weighted by molar-refractivity contribution is 7.47. The normalized spacial score (nSPS) is 14.2. The van der Waals surface area contributed by atoms with Gasteiger partial charge in [-0.2, -0.15) is 0 Å². The van der Waals surface area contributed by atoms with E-state index in [2.05, 4.69) is 34.6 Å². The molecule has 504 valence electrons. The average molecular weight is 1260 g/mol. The van der Waals surface area contributed by atoms with Crippen LogP contribution in [0.25, 0.3) is 0 Å². The number of rotatable bonds is 66. The van der Waals surface area contributed by atoms with E-state index in [9.17, 15) is 43.2 Å². The number of phosphoric acid groups is 2. The van der Waals surface area contributed by atoms with Crippen LogP contribution in [0.1, 0.15) is 336 Å². The predicted octanol–water partition coefficient (Wildman–Crippen LogP) is 18.6. The molecule has 0 bridgehead atoms. The molecule has 0 aliphatic rings. The van der Waals surface area contributed by atoms with Crippen LogP contribution in [-0.2, 0) is 65.4 Å².